The van der Waals surface area contributed by atoms with Crippen LogP contribution in [0.15, 0.2) is 36.9 Å². The predicted octanol–water partition coefficient (Wildman–Crippen LogP) is 3.95. The molecular weight excluding hydrogens is 473 g/mol. The average Bonchev–Trinajstić information content (AvgIpc) is 3.47. The molecule has 2 heterocycles. The van der Waals surface area contributed by atoms with E-state index in [0.29, 0.717) is 36.4 Å². The van der Waals surface area contributed by atoms with Crippen LogP contribution >= 0.6 is 7.60 Å². The van der Waals surface area contributed by atoms with Crippen molar-refractivity contribution in [2.45, 2.75) is 51.5 Å². The number of rotatable bonds is 12. The summed E-state index contributed by atoms with van der Waals surface area (Å²) >= 11 is 0. The van der Waals surface area contributed by atoms with Crippen LogP contribution in [0.4, 0.5) is 5.82 Å². The highest BCUT2D eigenvalue weighted by atomic mass is 31.2. The van der Waals surface area contributed by atoms with Crippen molar-refractivity contribution in [3.63, 3.8) is 0 Å². The molecule has 0 aliphatic heterocycles. The second kappa shape index (κ2) is 11.5. The number of nitrogens with zero attached hydrogens (tertiary/aromatic N) is 4. The molecule has 2 N–H and O–H groups in total. The maximum Gasteiger partial charge on any atom is 0.356 e. The summed E-state index contributed by atoms with van der Waals surface area (Å²) in [6, 6.07) is 7.63. The molecule has 35 heavy (non-hydrogen) atoms. The topological polar surface area (TPSA) is 133 Å². The number of nitrogen functional groups attached to an aromatic ring is 1. The zero-order valence-electron chi connectivity index (χ0n) is 20.2. The summed E-state index contributed by atoms with van der Waals surface area (Å²) in [6.45, 7) is 4.53. The van der Waals surface area contributed by atoms with Gasteiger partial charge < -0.3 is 33.6 Å². The zero-order valence-corrected chi connectivity index (χ0v) is 21.1. The van der Waals surface area contributed by atoms with Gasteiger partial charge in [0.1, 0.15) is 23.9 Å². The van der Waals surface area contributed by atoms with E-state index < -0.39 is 7.60 Å². The summed E-state index contributed by atoms with van der Waals surface area (Å²) in [4.78, 5) is 12.8. The van der Waals surface area contributed by atoms with Gasteiger partial charge in [0.25, 0.3) is 0 Å². The normalized spacial score (nSPS) is 20.5. The molecular formula is C23H32N5O6P. The maximum absolute atomic E-state index is 12.9. The largest absolute Gasteiger partial charge is 0.497 e. The van der Waals surface area contributed by atoms with Crippen molar-refractivity contribution in [3.8, 4) is 5.75 Å². The number of nitrogens with two attached hydrogens (primary N) is 1. The molecule has 3 atom stereocenters. The number of hydrogen-bond acceptors (Lipinski definition) is 10. The van der Waals surface area contributed by atoms with E-state index in [0.717, 1.165) is 11.3 Å². The summed E-state index contributed by atoms with van der Waals surface area (Å²) in [5, 5.41) is 0. The molecule has 2 aromatic heterocycles. The Kier molecular flexibility index (Phi) is 8.35. The Labute approximate surface area is 204 Å². The first kappa shape index (κ1) is 25.5. The molecule has 0 saturated heterocycles. The van der Waals surface area contributed by atoms with Gasteiger partial charge in [-0.05, 0) is 38.0 Å². The van der Waals surface area contributed by atoms with Crippen molar-refractivity contribution >= 4 is 24.6 Å². The van der Waals surface area contributed by atoms with Crippen LogP contribution in [0.3, 0.4) is 0 Å². The highest BCUT2D eigenvalue weighted by molar-refractivity contribution is 7.53. The Balaban J connectivity index is 1.52. The third-order valence-electron chi connectivity index (χ3n) is 5.92. The van der Waals surface area contributed by atoms with Crippen LogP contribution in [0, 0.1) is 0 Å². The van der Waals surface area contributed by atoms with Crippen LogP contribution in [0.2, 0.25) is 0 Å². The van der Waals surface area contributed by atoms with E-state index in [1.54, 1.807) is 27.3 Å². The summed E-state index contributed by atoms with van der Waals surface area (Å²) in [5.41, 5.74) is 8.19. The SMILES string of the molecule is CCOP(=O)(CO[C@@H]1C[C@H](OCc2ccc(OC)cc2)[C@H](n2cnc3c(N)ncnc32)C1)OCC. The zero-order chi connectivity index (χ0) is 24.8. The molecule has 3 aromatic rings. The molecule has 1 aliphatic carbocycles. The highest BCUT2D eigenvalue weighted by Gasteiger charge is 2.39. The first-order valence-electron chi connectivity index (χ1n) is 11.6. The number of methoxy groups -OCH3 is 1. The third kappa shape index (κ3) is 5.99. The first-order valence-corrected chi connectivity index (χ1v) is 13.4. The summed E-state index contributed by atoms with van der Waals surface area (Å²) in [5.74, 6) is 1.11. The van der Waals surface area contributed by atoms with Gasteiger partial charge in [0.05, 0.1) is 51.5 Å². The molecule has 1 aliphatic rings. The van der Waals surface area contributed by atoms with Gasteiger partial charge >= 0.3 is 7.60 Å². The molecule has 190 valence electrons. The number of ether oxygens (including phenoxy) is 3. The van der Waals surface area contributed by atoms with Crippen molar-refractivity contribution in [1.82, 2.24) is 19.5 Å². The molecule has 12 heteroatoms. The van der Waals surface area contributed by atoms with Crippen LogP contribution in [0.1, 0.15) is 38.3 Å². The number of hydrogen-bond donors (Lipinski definition) is 1. The van der Waals surface area contributed by atoms with E-state index in [1.807, 2.05) is 28.8 Å². The fourth-order valence-corrected chi connectivity index (χ4v) is 5.68. The molecule has 1 fully saturated rings. The molecule has 4 rings (SSSR count). The van der Waals surface area contributed by atoms with Gasteiger partial charge in [-0.15, -0.1) is 0 Å². The predicted molar refractivity (Wildman–Crippen MR) is 130 cm³/mol. The van der Waals surface area contributed by atoms with Gasteiger partial charge in [-0.2, -0.15) is 0 Å². The molecule has 1 saturated carbocycles. The van der Waals surface area contributed by atoms with Gasteiger partial charge in [0, 0.05) is 6.42 Å². The number of fused-ring (bicyclic) bond motifs is 1. The maximum atomic E-state index is 12.9. The minimum atomic E-state index is -3.32. The van der Waals surface area contributed by atoms with Gasteiger partial charge in [0.15, 0.2) is 11.5 Å². The van der Waals surface area contributed by atoms with Crippen LogP contribution in [-0.2, 0) is 29.7 Å². The second-order valence-corrected chi connectivity index (χ2v) is 10.2. The van der Waals surface area contributed by atoms with Crippen molar-refractivity contribution in [2.75, 3.05) is 32.4 Å². The average molecular weight is 506 g/mol. The second-order valence-electron chi connectivity index (χ2n) is 8.18. The van der Waals surface area contributed by atoms with Gasteiger partial charge in [-0.25, -0.2) is 15.0 Å². The molecule has 0 amide bonds. The highest BCUT2D eigenvalue weighted by Crippen LogP contribution is 2.49. The quantitative estimate of drug-likeness (QED) is 0.361. The van der Waals surface area contributed by atoms with Crippen LogP contribution in [-0.4, -0.2) is 58.4 Å². The molecule has 0 bridgehead atoms. The van der Waals surface area contributed by atoms with E-state index in [-0.39, 0.29) is 37.8 Å². The first-order chi connectivity index (χ1) is 17.0. The third-order valence-corrected chi connectivity index (χ3v) is 7.68. The van der Waals surface area contributed by atoms with E-state index in [4.69, 9.17) is 29.0 Å². The fourth-order valence-electron chi connectivity index (χ4n) is 4.28. The van der Waals surface area contributed by atoms with Gasteiger partial charge in [0.2, 0.25) is 0 Å². The van der Waals surface area contributed by atoms with Gasteiger partial charge in [-0.1, -0.05) is 12.1 Å². The molecule has 0 spiro atoms. The van der Waals surface area contributed by atoms with Crippen LogP contribution in [0.25, 0.3) is 11.2 Å². The number of anilines is 1. The molecule has 0 unspecified atom stereocenters. The lowest BCUT2D eigenvalue weighted by Gasteiger charge is -2.21. The molecule has 0 radical (unpaired) electrons. The lowest BCUT2D eigenvalue weighted by molar-refractivity contribution is 0.00865. The smallest absolute Gasteiger partial charge is 0.356 e. The summed E-state index contributed by atoms with van der Waals surface area (Å²) in [7, 11) is -1.68. The lowest BCUT2D eigenvalue weighted by atomic mass is 10.2. The Morgan fingerprint density at radius 1 is 1.06 bits per heavy atom. The number of imidazole rings is 1. The van der Waals surface area contributed by atoms with E-state index in [1.165, 1.54) is 6.33 Å². The number of aromatic nitrogens is 4. The number of benzene rings is 1. The van der Waals surface area contributed by atoms with Crippen molar-refractivity contribution < 1.29 is 27.8 Å². The summed E-state index contributed by atoms with van der Waals surface area (Å²) < 4.78 is 43.2. The fraction of sp³-hybridized carbons (Fsp3) is 0.522. The Morgan fingerprint density at radius 2 is 1.80 bits per heavy atom. The minimum Gasteiger partial charge on any atom is -0.497 e. The van der Waals surface area contributed by atoms with Crippen molar-refractivity contribution in [1.29, 1.82) is 0 Å². The van der Waals surface area contributed by atoms with E-state index >= 15 is 0 Å². The Bertz CT molecular complexity index is 1150. The summed E-state index contributed by atoms with van der Waals surface area (Å²) in [6.07, 6.45) is 3.81. The Hall–Kier alpha value is -2.56. The van der Waals surface area contributed by atoms with E-state index in [9.17, 15) is 4.57 Å². The molecule has 1 aromatic carbocycles. The van der Waals surface area contributed by atoms with E-state index in [2.05, 4.69) is 15.0 Å². The van der Waals surface area contributed by atoms with Crippen LogP contribution < -0.4 is 10.5 Å². The van der Waals surface area contributed by atoms with Crippen molar-refractivity contribution in [2.24, 2.45) is 0 Å². The Morgan fingerprint density at radius 3 is 2.49 bits per heavy atom. The van der Waals surface area contributed by atoms with Gasteiger partial charge in [-0.3, -0.25) is 4.57 Å². The minimum absolute atomic E-state index is 0.114. The van der Waals surface area contributed by atoms with Crippen molar-refractivity contribution in [3.05, 3.63) is 42.5 Å². The monoisotopic (exact) mass is 505 g/mol. The lowest BCUT2D eigenvalue weighted by Crippen LogP contribution is -2.21. The standard InChI is InChI=1S/C23H32N5O6P/c1-4-33-35(29,34-5-2)15-32-18-10-19(28-14-27-21-22(24)25-13-26-23(21)28)20(11-18)31-12-16-6-8-17(30-3)9-7-16/h6-9,13-14,18-20H,4-5,10-12,15H2,1-3H3,(H2,24,25,26)/t18-,19+,20-/m0/s1. The van der Waals surface area contributed by atoms with Crippen LogP contribution in [0.5, 0.6) is 5.75 Å². The molecule has 11 nitrogen and oxygen atoms in total.